The van der Waals surface area contributed by atoms with Gasteiger partial charge in [-0.15, -0.1) is 0 Å². The van der Waals surface area contributed by atoms with Gasteiger partial charge in [0.1, 0.15) is 0 Å². The van der Waals surface area contributed by atoms with E-state index in [9.17, 15) is 13.2 Å². The van der Waals surface area contributed by atoms with E-state index in [0.717, 1.165) is 23.0 Å². The van der Waals surface area contributed by atoms with Gasteiger partial charge in [-0.1, -0.05) is 0 Å². The van der Waals surface area contributed by atoms with Crippen molar-refractivity contribution < 1.29 is 13.2 Å². The fourth-order valence-electron chi connectivity index (χ4n) is 3.25. The van der Waals surface area contributed by atoms with Crippen LogP contribution in [0.4, 0.5) is 13.2 Å². The van der Waals surface area contributed by atoms with E-state index < -0.39 is 11.7 Å². The first-order valence-electron chi connectivity index (χ1n) is 8.58. The Morgan fingerprint density at radius 1 is 0.607 bits per heavy atom. The monoisotopic (exact) mass is 378 g/mol. The van der Waals surface area contributed by atoms with E-state index in [4.69, 9.17) is 0 Å². The van der Waals surface area contributed by atoms with Crippen LogP contribution >= 0.6 is 0 Å². The number of H-pyrrole nitrogens is 2. The average Bonchev–Trinajstić information content (AvgIpc) is 3.38. The molecule has 138 valence electrons. The lowest BCUT2D eigenvalue weighted by Gasteiger charge is -2.02. The van der Waals surface area contributed by atoms with E-state index in [2.05, 4.69) is 19.9 Å². The first-order chi connectivity index (χ1) is 13.4. The maximum atomic E-state index is 13.5. The second kappa shape index (κ2) is 5.95. The minimum absolute atomic E-state index is 0.0254. The van der Waals surface area contributed by atoms with Crippen LogP contribution in [0.15, 0.2) is 42.5 Å². The summed E-state index contributed by atoms with van der Waals surface area (Å²) in [6.07, 6.45) is 2.74. The van der Waals surface area contributed by atoms with Crippen LogP contribution in [0.2, 0.25) is 0 Å². The zero-order chi connectivity index (χ0) is 19.3. The highest BCUT2D eigenvalue weighted by Crippen LogP contribution is 2.33. The second-order valence-electron chi connectivity index (χ2n) is 6.59. The van der Waals surface area contributed by atoms with Crippen molar-refractivity contribution in [2.75, 3.05) is 0 Å². The maximum Gasteiger partial charge on any atom is 0.418 e. The summed E-state index contributed by atoms with van der Waals surface area (Å²) in [6, 6.07) is 11.5. The summed E-state index contributed by atoms with van der Waals surface area (Å²) in [7, 11) is 0. The quantitative estimate of drug-likeness (QED) is 0.365. The van der Waals surface area contributed by atoms with Crippen LogP contribution < -0.4 is 0 Å². The van der Waals surface area contributed by atoms with Crippen LogP contribution in [-0.4, -0.2) is 19.9 Å². The topological polar surface area (TPSA) is 57.4 Å². The number of hydrogen-bond donors (Lipinski definition) is 2. The average molecular weight is 378 g/mol. The van der Waals surface area contributed by atoms with Crippen molar-refractivity contribution in [2.24, 2.45) is 0 Å². The molecule has 0 radical (unpaired) electrons. The van der Waals surface area contributed by atoms with Crippen molar-refractivity contribution >= 4 is 46.4 Å². The Hall–Kier alpha value is -3.61. The summed E-state index contributed by atoms with van der Waals surface area (Å²) in [5.41, 5.74) is 3.70. The predicted octanol–water partition coefficient (Wildman–Crippen LogP) is 5.67. The molecule has 5 rings (SSSR count). The van der Waals surface area contributed by atoms with Crippen LogP contribution in [-0.2, 0) is 6.18 Å². The number of aromatic amines is 2. The maximum absolute atomic E-state index is 13.5. The van der Waals surface area contributed by atoms with Crippen molar-refractivity contribution in [1.29, 1.82) is 0 Å². The molecular formula is C21H13F3N4. The van der Waals surface area contributed by atoms with E-state index in [0.29, 0.717) is 22.4 Å². The lowest BCUT2D eigenvalue weighted by Crippen LogP contribution is -2.03. The summed E-state index contributed by atoms with van der Waals surface area (Å²) >= 11 is 0. The molecule has 0 aromatic carbocycles. The fraction of sp³-hybridized carbons (Fsp3) is 0.0476. The van der Waals surface area contributed by atoms with Gasteiger partial charge in [0.15, 0.2) is 0 Å². The molecule has 7 heteroatoms. The van der Waals surface area contributed by atoms with Crippen LogP contribution in [0.5, 0.6) is 0 Å². The summed E-state index contributed by atoms with van der Waals surface area (Å²) in [4.78, 5) is 14.9. The highest BCUT2D eigenvalue weighted by molar-refractivity contribution is 5.78. The molecule has 0 saturated carbocycles. The van der Waals surface area contributed by atoms with Gasteiger partial charge in [-0.25, -0.2) is 9.97 Å². The minimum Gasteiger partial charge on any atom is -0.355 e. The molecule has 3 aromatic rings. The Balaban J connectivity index is 1.87. The van der Waals surface area contributed by atoms with E-state index >= 15 is 0 Å². The zero-order valence-electron chi connectivity index (χ0n) is 14.4. The van der Waals surface area contributed by atoms with Crippen molar-refractivity contribution in [3.63, 3.8) is 0 Å². The molecule has 0 saturated heterocycles. The third-order valence-electron chi connectivity index (χ3n) is 4.47. The van der Waals surface area contributed by atoms with Gasteiger partial charge in [-0.3, -0.25) is 0 Å². The van der Waals surface area contributed by atoms with Gasteiger partial charge in [0, 0.05) is 16.6 Å². The van der Waals surface area contributed by atoms with E-state index in [1.165, 1.54) is 6.07 Å². The predicted molar refractivity (Wildman–Crippen MR) is 104 cm³/mol. The Labute approximate surface area is 157 Å². The van der Waals surface area contributed by atoms with Crippen molar-refractivity contribution in [2.45, 2.75) is 6.18 Å². The Kier molecular flexibility index (Phi) is 3.52. The molecule has 5 heterocycles. The van der Waals surface area contributed by atoms with Gasteiger partial charge in [0.25, 0.3) is 0 Å². The third-order valence-corrected chi connectivity index (χ3v) is 4.47. The molecule has 0 spiro atoms. The normalized spacial score (nSPS) is 13.2. The van der Waals surface area contributed by atoms with Crippen LogP contribution in [0.3, 0.4) is 0 Å². The van der Waals surface area contributed by atoms with E-state index in [1.54, 1.807) is 24.3 Å². The number of hydrogen-bond acceptors (Lipinski definition) is 2. The minimum atomic E-state index is -4.47. The molecule has 0 aliphatic carbocycles. The summed E-state index contributed by atoms with van der Waals surface area (Å²) in [5, 5.41) is 0. The van der Waals surface area contributed by atoms with E-state index in [1.807, 2.05) is 30.4 Å². The van der Waals surface area contributed by atoms with Gasteiger partial charge in [0.05, 0.1) is 33.9 Å². The number of nitrogens with one attached hydrogen (secondary N) is 2. The summed E-state index contributed by atoms with van der Waals surface area (Å²) < 4.78 is 40.4. The number of halogens is 3. The molecule has 2 N–H and O–H groups in total. The molecule has 0 unspecified atom stereocenters. The highest BCUT2D eigenvalue weighted by atomic mass is 19.4. The van der Waals surface area contributed by atoms with Crippen LogP contribution in [0.1, 0.15) is 28.3 Å². The number of fused-ring (bicyclic) bond motifs is 8. The lowest BCUT2D eigenvalue weighted by molar-refractivity contribution is -0.136. The Bertz CT molecular complexity index is 1310. The third kappa shape index (κ3) is 3.11. The Morgan fingerprint density at radius 2 is 1.18 bits per heavy atom. The zero-order valence-corrected chi connectivity index (χ0v) is 14.4. The fourth-order valence-corrected chi connectivity index (χ4v) is 3.25. The molecule has 2 aliphatic rings. The van der Waals surface area contributed by atoms with Crippen molar-refractivity contribution in [3.8, 4) is 0 Å². The second-order valence-corrected chi connectivity index (χ2v) is 6.59. The number of aromatic nitrogens is 4. The first-order valence-corrected chi connectivity index (χ1v) is 8.58. The molecule has 0 amide bonds. The molecule has 8 bridgehead atoms. The number of nitrogens with zero attached hydrogens (tertiary/aromatic N) is 2. The first kappa shape index (κ1) is 16.6. The van der Waals surface area contributed by atoms with Gasteiger partial charge >= 0.3 is 6.18 Å². The molecule has 3 aromatic heterocycles. The SMILES string of the molecule is FC(F)(F)c1cc2cc3ccc(cc4nc(cc5nc(cc1[nH]2)C=C5)C=C4)[nH]3. The molecular weight excluding hydrogens is 365 g/mol. The van der Waals surface area contributed by atoms with Gasteiger partial charge in [-0.05, 0) is 66.8 Å². The molecule has 4 nitrogen and oxygen atoms in total. The number of alkyl halides is 3. The van der Waals surface area contributed by atoms with Crippen LogP contribution in [0, 0.1) is 0 Å². The van der Waals surface area contributed by atoms with Gasteiger partial charge in [-0.2, -0.15) is 13.2 Å². The van der Waals surface area contributed by atoms with E-state index in [-0.39, 0.29) is 5.52 Å². The Morgan fingerprint density at radius 3 is 1.82 bits per heavy atom. The highest BCUT2D eigenvalue weighted by Gasteiger charge is 2.33. The molecule has 0 atom stereocenters. The summed E-state index contributed by atoms with van der Waals surface area (Å²) in [6.45, 7) is 0. The van der Waals surface area contributed by atoms with Crippen molar-refractivity contribution in [1.82, 2.24) is 19.9 Å². The van der Waals surface area contributed by atoms with Gasteiger partial charge in [0.2, 0.25) is 0 Å². The molecule has 0 fully saturated rings. The van der Waals surface area contributed by atoms with Gasteiger partial charge < -0.3 is 9.97 Å². The molecule has 28 heavy (non-hydrogen) atoms. The summed E-state index contributed by atoms with van der Waals surface area (Å²) in [5.74, 6) is 0. The largest absolute Gasteiger partial charge is 0.418 e. The van der Waals surface area contributed by atoms with Crippen molar-refractivity contribution in [3.05, 3.63) is 70.8 Å². The molecule has 2 aliphatic heterocycles. The lowest BCUT2D eigenvalue weighted by atomic mass is 10.2. The number of rotatable bonds is 0. The van der Waals surface area contributed by atoms with Crippen LogP contribution in [0.25, 0.3) is 46.4 Å². The standard InChI is InChI=1S/C21H13F3N4/c22-21(23,24)19-10-18-9-16-4-3-14(26-16)7-12-1-2-13(25-12)8-15-5-6-17(27-15)11-20(19)28-18/h1-11,26,28H. The smallest absolute Gasteiger partial charge is 0.355 e.